The molecule has 0 bridgehead atoms. The van der Waals surface area contributed by atoms with Gasteiger partial charge in [0.05, 0.1) is 0 Å². The molecule has 6 nitrogen and oxygen atoms in total. The number of hydrogen-bond donors (Lipinski definition) is 1. The molecular formula is C21H27N5O. The van der Waals surface area contributed by atoms with Crippen molar-refractivity contribution in [1.82, 2.24) is 15.3 Å². The Kier molecular flexibility index (Phi) is 5.51. The Bertz CT molecular complexity index is 752. The lowest BCUT2D eigenvalue weighted by molar-refractivity contribution is -0.125. The molecule has 0 atom stereocenters. The number of anilines is 2. The lowest BCUT2D eigenvalue weighted by Gasteiger charge is -2.32. The van der Waals surface area contributed by atoms with E-state index in [0.29, 0.717) is 6.54 Å². The summed E-state index contributed by atoms with van der Waals surface area (Å²) in [6.45, 7) is 4.49. The summed E-state index contributed by atoms with van der Waals surface area (Å²) in [5, 5.41) is 3.08. The van der Waals surface area contributed by atoms with E-state index in [0.717, 1.165) is 56.2 Å². The van der Waals surface area contributed by atoms with Crippen LogP contribution in [-0.4, -0.2) is 42.1 Å². The van der Waals surface area contributed by atoms with Gasteiger partial charge in [-0.25, -0.2) is 9.97 Å². The van der Waals surface area contributed by atoms with Crippen molar-refractivity contribution in [3.8, 4) is 0 Å². The molecule has 0 saturated carbocycles. The van der Waals surface area contributed by atoms with Crippen LogP contribution in [0.25, 0.3) is 0 Å². The molecule has 1 aromatic heterocycles. The van der Waals surface area contributed by atoms with E-state index in [2.05, 4.69) is 31.2 Å². The molecule has 142 valence electrons. The third-order valence-electron chi connectivity index (χ3n) is 5.57. The van der Waals surface area contributed by atoms with Crippen molar-refractivity contribution in [2.45, 2.75) is 32.2 Å². The van der Waals surface area contributed by atoms with Crippen molar-refractivity contribution in [2.75, 3.05) is 36.0 Å². The van der Waals surface area contributed by atoms with Crippen LogP contribution in [0.3, 0.4) is 0 Å². The second-order valence-corrected chi connectivity index (χ2v) is 7.39. The Balaban J connectivity index is 1.29. The molecule has 2 aromatic rings. The van der Waals surface area contributed by atoms with Gasteiger partial charge in [-0.1, -0.05) is 30.3 Å². The maximum absolute atomic E-state index is 12.5. The number of nitrogens with one attached hydrogen (secondary N) is 1. The molecule has 1 N–H and O–H groups in total. The van der Waals surface area contributed by atoms with E-state index in [-0.39, 0.29) is 11.8 Å². The third kappa shape index (κ3) is 4.38. The lowest BCUT2D eigenvalue weighted by Crippen LogP contribution is -2.40. The molecule has 2 saturated heterocycles. The summed E-state index contributed by atoms with van der Waals surface area (Å²) >= 11 is 0. The predicted octanol–water partition coefficient (Wildman–Crippen LogP) is 2.61. The largest absolute Gasteiger partial charge is 0.356 e. The van der Waals surface area contributed by atoms with Crippen LogP contribution in [0.4, 0.5) is 11.6 Å². The molecule has 1 aromatic carbocycles. The molecule has 1 amide bonds. The lowest BCUT2D eigenvalue weighted by atomic mass is 9.96. The summed E-state index contributed by atoms with van der Waals surface area (Å²) in [6, 6.07) is 12.2. The fraction of sp³-hybridized carbons (Fsp3) is 0.476. The maximum atomic E-state index is 12.5. The first-order valence-corrected chi connectivity index (χ1v) is 9.93. The SMILES string of the molecule is O=C(NCc1ccccc1)C1CCN(c2cc(N3CCCC3)ncn2)CC1. The first-order valence-electron chi connectivity index (χ1n) is 9.93. The minimum atomic E-state index is 0.0878. The normalized spacial score (nSPS) is 17.9. The highest BCUT2D eigenvalue weighted by molar-refractivity contribution is 5.79. The van der Waals surface area contributed by atoms with Gasteiger partial charge in [0.25, 0.3) is 0 Å². The average Bonchev–Trinajstić information content (AvgIpc) is 3.28. The minimum absolute atomic E-state index is 0.0878. The second-order valence-electron chi connectivity index (χ2n) is 7.39. The Morgan fingerprint density at radius 2 is 1.59 bits per heavy atom. The molecular weight excluding hydrogens is 338 g/mol. The molecule has 0 unspecified atom stereocenters. The number of carbonyl (C=O) groups excluding carboxylic acids is 1. The molecule has 6 heteroatoms. The fourth-order valence-corrected chi connectivity index (χ4v) is 3.93. The first-order chi connectivity index (χ1) is 13.3. The number of carbonyl (C=O) groups is 1. The molecule has 0 aliphatic carbocycles. The number of benzene rings is 1. The predicted molar refractivity (Wildman–Crippen MR) is 107 cm³/mol. The van der Waals surface area contributed by atoms with Crippen molar-refractivity contribution in [1.29, 1.82) is 0 Å². The van der Waals surface area contributed by atoms with Crippen LogP contribution < -0.4 is 15.1 Å². The number of amides is 1. The Morgan fingerprint density at radius 3 is 2.26 bits per heavy atom. The van der Waals surface area contributed by atoms with Crippen LogP contribution >= 0.6 is 0 Å². The standard InChI is InChI=1S/C21H27N5O/c27-21(22-15-17-6-2-1-3-7-17)18-8-12-26(13-9-18)20-14-19(23-16-24-20)25-10-4-5-11-25/h1-3,6-7,14,16,18H,4-5,8-13,15H2,(H,22,27). The average molecular weight is 365 g/mol. The van der Waals surface area contributed by atoms with Gasteiger partial charge in [-0.3, -0.25) is 4.79 Å². The number of piperidine rings is 1. The summed E-state index contributed by atoms with van der Waals surface area (Å²) in [6.07, 6.45) is 5.88. The van der Waals surface area contributed by atoms with Gasteiger partial charge in [0.1, 0.15) is 18.0 Å². The topological polar surface area (TPSA) is 61.4 Å². The van der Waals surface area contributed by atoms with Crippen LogP contribution in [0.2, 0.25) is 0 Å². The Morgan fingerprint density at radius 1 is 0.963 bits per heavy atom. The molecule has 27 heavy (non-hydrogen) atoms. The van der Waals surface area contributed by atoms with Crippen molar-refractivity contribution in [2.24, 2.45) is 5.92 Å². The highest BCUT2D eigenvalue weighted by Gasteiger charge is 2.26. The molecule has 3 heterocycles. The van der Waals surface area contributed by atoms with Crippen molar-refractivity contribution in [3.05, 3.63) is 48.3 Å². The highest BCUT2D eigenvalue weighted by atomic mass is 16.1. The number of nitrogens with zero attached hydrogens (tertiary/aromatic N) is 4. The van der Waals surface area contributed by atoms with Crippen LogP contribution in [0, 0.1) is 5.92 Å². The third-order valence-corrected chi connectivity index (χ3v) is 5.57. The van der Waals surface area contributed by atoms with Crippen molar-refractivity contribution < 1.29 is 4.79 Å². The molecule has 4 rings (SSSR count). The summed E-state index contributed by atoms with van der Waals surface area (Å²) in [5.41, 5.74) is 1.14. The molecule has 0 radical (unpaired) electrons. The number of rotatable bonds is 5. The summed E-state index contributed by atoms with van der Waals surface area (Å²) in [7, 11) is 0. The Hall–Kier alpha value is -2.63. The van der Waals surface area contributed by atoms with Crippen LogP contribution in [0.1, 0.15) is 31.2 Å². The van der Waals surface area contributed by atoms with E-state index in [4.69, 9.17) is 0 Å². The van der Waals surface area contributed by atoms with Gasteiger partial charge < -0.3 is 15.1 Å². The molecule has 2 fully saturated rings. The quantitative estimate of drug-likeness (QED) is 0.883. The van der Waals surface area contributed by atoms with E-state index < -0.39 is 0 Å². The molecule has 2 aliphatic heterocycles. The van der Waals surface area contributed by atoms with E-state index in [1.807, 2.05) is 30.3 Å². The van der Waals surface area contributed by atoms with E-state index >= 15 is 0 Å². The van der Waals surface area contributed by atoms with Crippen molar-refractivity contribution in [3.63, 3.8) is 0 Å². The van der Waals surface area contributed by atoms with Gasteiger partial charge in [-0.05, 0) is 31.2 Å². The van der Waals surface area contributed by atoms with Gasteiger partial charge in [0.15, 0.2) is 0 Å². The summed E-state index contributed by atoms with van der Waals surface area (Å²) < 4.78 is 0. The van der Waals surface area contributed by atoms with Gasteiger partial charge in [-0.2, -0.15) is 0 Å². The molecule has 2 aliphatic rings. The first kappa shape index (κ1) is 17.8. The van der Waals surface area contributed by atoms with Crippen molar-refractivity contribution >= 4 is 17.5 Å². The highest BCUT2D eigenvalue weighted by Crippen LogP contribution is 2.25. The van der Waals surface area contributed by atoms with Crippen LogP contribution in [0.15, 0.2) is 42.7 Å². The van der Waals surface area contributed by atoms with Crippen LogP contribution in [0.5, 0.6) is 0 Å². The monoisotopic (exact) mass is 365 g/mol. The number of hydrogen-bond acceptors (Lipinski definition) is 5. The fourth-order valence-electron chi connectivity index (χ4n) is 3.93. The van der Waals surface area contributed by atoms with Gasteiger partial charge in [0, 0.05) is 44.7 Å². The second kappa shape index (κ2) is 8.37. The Labute approximate surface area is 160 Å². The zero-order valence-electron chi connectivity index (χ0n) is 15.7. The van der Waals surface area contributed by atoms with E-state index in [1.54, 1.807) is 6.33 Å². The smallest absolute Gasteiger partial charge is 0.223 e. The molecule has 0 spiro atoms. The van der Waals surface area contributed by atoms with E-state index in [9.17, 15) is 4.79 Å². The summed E-state index contributed by atoms with van der Waals surface area (Å²) in [4.78, 5) is 26.0. The number of aromatic nitrogens is 2. The van der Waals surface area contributed by atoms with Gasteiger partial charge in [0.2, 0.25) is 5.91 Å². The van der Waals surface area contributed by atoms with Gasteiger partial charge in [-0.15, -0.1) is 0 Å². The summed E-state index contributed by atoms with van der Waals surface area (Å²) in [5.74, 6) is 2.26. The van der Waals surface area contributed by atoms with Crippen LogP contribution in [-0.2, 0) is 11.3 Å². The zero-order chi connectivity index (χ0) is 18.5. The van der Waals surface area contributed by atoms with E-state index in [1.165, 1.54) is 12.8 Å². The zero-order valence-corrected chi connectivity index (χ0v) is 15.7. The maximum Gasteiger partial charge on any atom is 0.223 e. The van der Waals surface area contributed by atoms with Gasteiger partial charge >= 0.3 is 0 Å². The minimum Gasteiger partial charge on any atom is -0.356 e.